The predicted molar refractivity (Wildman–Crippen MR) is 67.2 cm³/mol. The summed E-state index contributed by atoms with van der Waals surface area (Å²) in [6, 6.07) is 3.65. The fourth-order valence-corrected chi connectivity index (χ4v) is 1.58. The molecule has 1 amide bonds. The standard InChI is InChI=1S/C13H16N2O4/c1-2-18-13-10(4-3-5-14-13)8-15-12(16)11-9-17-6-7-19-11/h3-5,9H,2,6-8H2,1H3,(H,15,16). The van der Waals surface area contributed by atoms with E-state index in [0.29, 0.717) is 32.2 Å². The molecule has 1 aromatic rings. The molecule has 102 valence electrons. The minimum Gasteiger partial charge on any atom is -0.494 e. The number of amides is 1. The van der Waals surface area contributed by atoms with Crippen LogP contribution in [0.5, 0.6) is 5.88 Å². The van der Waals surface area contributed by atoms with Gasteiger partial charge in [-0.25, -0.2) is 4.98 Å². The summed E-state index contributed by atoms with van der Waals surface area (Å²) in [5.74, 6) is 0.402. The third-order valence-electron chi connectivity index (χ3n) is 2.44. The largest absolute Gasteiger partial charge is 0.494 e. The van der Waals surface area contributed by atoms with E-state index >= 15 is 0 Å². The van der Waals surface area contributed by atoms with Crippen molar-refractivity contribution in [2.45, 2.75) is 13.5 Å². The Labute approximate surface area is 111 Å². The topological polar surface area (TPSA) is 69.7 Å². The third-order valence-corrected chi connectivity index (χ3v) is 2.44. The van der Waals surface area contributed by atoms with Gasteiger partial charge in [0.2, 0.25) is 11.6 Å². The van der Waals surface area contributed by atoms with Gasteiger partial charge < -0.3 is 19.5 Å². The van der Waals surface area contributed by atoms with Gasteiger partial charge in [-0.2, -0.15) is 0 Å². The molecule has 0 radical (unpaired) electrons. The summed E-state index contributed by atoms with van der Waals surface area (Å²) < 4.78 is 15.6. The number of pyridine rings is 1. The zero-order valence-corrected chi connectivity index (χ0v) is 10.7. The minimum atomic E-state index is -0.314. The van der Waals surface area contributed by atoms with Gasteiger partial charge >= 0.3 is 0 Å². The molecule has 6 heteroatoms. The van der Waals surface area contributed by atoms with Crippen LogP contribution in [0.1, 0.15) is 12.5 Å². The fraction of sp³-hybridized carbons (Fsp3) is 0.385. The van der Waals surface area contributed by atoms with Gasteiger partial charge in [-0.05, 0) is 13.0 Å². The molecule has 2 rings (SSSR count). The first-order valence-electron chi connectivity index (χ1n) is 6.10. The number of rotatable bonds is 5. The molecule has 2 heterocycles. The summed E-state index contributed by atoms with van der Waals surface area (Å²) in [6.45, 7) is 3.59. The highest BCUT2D eigenvalue weighted by atomic mass is 16.6. The second-order valence-electron chi connectivity index (χ2n) is 3.78. The molecule has 0 atom stereocenters. The van der Waals surface area contributed by atoms with Crippen LogP contribution in [0.25, 0.3) is 0 Å². The Morgan fingerprint density at radius 3 is 3.16 bits per heavy atom. The van der Waals surface area contributed by atoms with Gasteiger partial charge in [0.05, 0.1) is 6.61 Å². The minimum absolute atomic E-state index is 0.188. The summed E-state index contributed by atoms with van der Waals surface area (Å²) in [6.07, 6.45) is 2.97. The highest BCUT2D eigenvalue weighted by Crippen LogP contribution is 2.14. The molecule has 1 aliphatic rings. The summed E-state index contributed by atoms with van der Waals surface area (Å²) in [7, 11) is 0. The Morgan fingerprint density at radius 1 is 1.53 bits per heavy atom. The third kappa shape index (κ3) is 3.61. The number of carbonyl (C=O) groups excluding carboxylic acids is 1. The van der Waals surface area contributed by atoms with Gasteiger partial charge in [0.25, 0.3) is 5.91 Å². The van der Waals surface area contributed by atoms with E-state index in [-0.39, 0.29) is 11.7 Å². The Hall–Kier alpha value is -2.24. The molecule has 1 aromatic heterocycles. The van der Waals surface area contributed by atoms with Crippen molar-refractivity contribution in [3.63, 3.8) is 0 Å². The van der Waals surface area contributed by atoms with Gasteiger partial charge in [-0.3, -0.25) is 4.79 Å². The smallest absolute Gasteiger partial charge is 0.289 e. The Kier molecular flexibility index (Phi) is 4.60. The number of nitrogens with zero attached hydrogens (tertiary/aromatic N) is 1. The van der Waals surface area contributed by atoms with E-state index in [4.69, 9.17) is 14.2 Å². The van der Waals surface area contributed by atoms with Crippen molar-refractivity contribution < 1.29 is 19.0 Å². The molecular weight excluding hydrogens is 248 g/mol. The van der Waals surface area contributed by atoms with Crippen LogP contribution < -0.4 is 10.1 Å². The molecule has 0 saturated heterocycles. The quantitative estimate of drug-likeness (QED) is 0.858. The lowest BCUT2D eigenvalue weighted by Crippen LogP contribution is -2.28. The molecule has 0 aromatic carbocycles. The first kappa shape index (κ1) is 13.2. The zero-order chi connectivity index (χ0) is 13.5. The SMILES string of the molecule is CCOc1ncccc1CNC(=O)C1=COCCO1. The Morgan fingerprint density at radius 2 is 2.42 bits per heavy atom. The molecule has 0 unspecified atom stereocenters. The average Bonchev–Trinajstić information content (AvgIpc) is 2.47. The van der Waals surface area contributed by atoms with Gasteiger partial charge in [0.15, 0.2) is 0 Å². The fourth-order valence-electron chi connectivity index (χ4n) is 1.58. The molecule has 6 nitrogen and oxygen atoms in total. The van der Waals surface area contributed by atoms with Gasteiger partial charge in [0, 0.05) is 18.3 Å². The maximum Gasteiger partial charge on any atom is 0.289 e. The van der Waals surface area contributed by atoms with Crippen LogP contribution in [0.2, 0.25) is 0 Å². The van der Waals surface area contributed by atoms with Crippen molar-refractivity contribution in [1.29, 1.82) is 0 Å². The monoisotopic (exact) mass is 264 g/mol. The van der Waals surface area contributed by atoms with E-state index in [9.17, 15) is 4.79 Å². The lowest BCUT2D eigenvalue weighted by atomic mass is 10.2. The van der Waals surface area contributed by atoms with Crippen LogP contribution in [0, 0.1) is 0 Å². The van der Waals surface area contributed by atoms with Crippen LogP contribution in [0.3, 0.4) is 0 Å². The number of hydrogen-bond acceptors (Lipinski definition) is 5. The highest BCUT2D eigenvalue weighted by molar-refractivity contribution is 5.91. The summed E-state index contributed by atoms with van der Waals surface area (Å²) in [5, 5.41) is 2.74. The maximum absolute atomic E-state index is 11.8. The molecule has 1 aliphatic heterocycles. The van der Waals surface area contributed by atoms with Crippen LogP contribution in [0.15, 0.2) is 30.4 Å². The average molecular weight is 264 g/mol. The Bertz CT molecular complexity index is 473. The summed E-state index contributed by atoms with van der Waals surface area (Å²) in [4.78, 5) is 15.9. The van der Waals surface area contributed by atoms with E-state index in [2.05, 4.69) is 10.3 Å². The number of ether oxygens (including phenoxy) is 3. The number of carbonyl (C=O) groups is 1. The van der Waals surface area contributed by atoms with E-state index in [1.165, 1.54) is 6.26 Å². The maximum atomic E-state index is 11.8. The highest BCUT2D eigenvalue weighted by Gasteiger charge is 2.15. The van der Waals surface area contributed by atoms with Crippen LogP contribution in [0.4, 0.5) is 0 Å². The first-order valence-corrected chi connectivity index (χ1v) is 6.10. The van der Waals surface area contributed by atoms with Crippen LogP contribution in [-0.2, 0) is 20.8 Å². The van der Waals surface area contributed by atoms with Gasteiger partial charge in [-0.1, -0.05) is 6.07 Å². The number of nitrogens with one attached hydrogen (secondary N) is 1. The van der Waals surface area contributed by atoms with E-state index in [1.54, 1.807) is 12.3 Å². The summed E-state index contributed by atoms with van der Waals surface area (Å²) in [5.41, 5.74) is 0.815. The lowest BCUT2D eigenvalue weighted by Gasteiger charge is -2.15. The second-order valence-corrected chi connectivity index (χ2v) is 3.78. The van der Waals surface area contributed by atoms with Crippen molar-refractivity contribution in [2.75, 3.05) is 19.8 Å². The molecule has 1 N–H and O–H groups in total. The molecule has 0 aliphatic carbocycles. The predicted octanol–water partition coefficient (Wildman–Crippen LogP) is 0.985. The zero-order valence-electron chi connectivity index (χ0n) is 10.7. The first-order chi connectivity index (χ1) is 9.31. The molecule has 0 spiro atoms. The second kappa shape index (κ2) is 6.63. The summed E-state index contributed by atoms with van der Waals surface area (Å²) >= 11 is 0. The van der Waals surface area contributed by atoms with Crippen molar-refractivity contribution in [3.05, 3.63) is 35.9 Å². The van der Waals surface area contributed by atoms with Crippen molar-refractivity contribution >= 4 is 5.91 Å². The molecule has 19 heavy (non-hydrogen) atoms. The number of aromatic nitrogens is 1. The molecule has 0 fully saturated rings. The van der Waals surface area contributed by atoms with Gasteiger partial charge in [0.1, 0.15) is 19.5 Å². The Balaban J connectivity index is 1.94. The molecule has 0 bridgehead atoms. The van der Waals surface area contributed by atoms with Crippen molar-refractivity contribution in [1.82, 2.24) is 10.3 Å². The van der Waals surface area contributed by atoms with E-state index < -0.39 is 0 Å². The lowest BCUT2D eigenvalue weighted by molar-refractivity contribution is -0.122. The van der Waals surface area contributed by atoms with Crippen molar-refractivity contribution in [3.8, 4) is 5.88 Å². The van der Waals surface area contributed by atoms with E-state index in [1.807, 2.05) is 13.0 Å². The number of hydrogen-bond donors (Lipinski definition) is 1. The van der Waals surface area contributed by atoms with Crippen LogP contribution in [-0.4, -0.2) is 30.7 Å². The molecular formula is C13H16N2O4. The molecule has 0 saturated carbocycles. The van der Waals surface area contributed by atoms with Crippen molar-refractivity contribution in [2.24, 2.45) is 0 Å². The van der Waals surface area contributed by atoms with E-state index in [0.717, 1.165) is 5.56 Å². The normalized spacial score (nSPS) is 13.8. The van der Waals surface area contributed by atoms with Crippen LogP contribution >= 0.6 is 0 Å². The van der Waals surface area contributed by atoms with Gasteiger partial charge in [-0.15, -0.1) is 0 Å².